The van der Waals surface area contributed by atoms with Crippen LogP contribution in [-0.2, 0) is 0 Å². The number of rotatable bonds is 3. The highest BCUT2D eigenvalue weighted by molar-refractivity contribution is 4.94. The molecule has 2 heteroatoms. The van der Waals surface area contributed by atoms with E-state index in [0.717, 1.165) is 12.0 Å². The molecule has 0 atom stereocenters. The van der Waals surface area contributed by atoms with Gasteiger partial charge in [0.05, 0.1) is 0 Å². The molecule has 16 heavy (non-hydrogen) atoms. The molecule has 94 valence electrons. The summed E-state index contributed by atoms with van der Waals surface area (Å²) in [5, 5.41) is 0. The quantitative estimate of drug-likeness (QED) is 0.727. The van der Waals surface area contributed by atoms with Gasteiger partial charge in [-0.05, 0) is 79.1 Å². The van der Waals surface area contributed by atoms with Crippen LogP contribution in [0.15, 0.2) is 0 Å². The van der Waals surface area contributed by atoms with Gasteiger partial charge in [-0.25, -0.2) is 0 Å². The number of hydrogen-bond donors (Lipinski definition) is 0. The van der Waals surface area contributed by atoms with Gasteiger partial charge in [-0.15, -0.1) is 0 Å². The van der Waals surface area contributed by atoms with Crippen LogP contribution in [0.2, 0.25) is 0 Å². The standard InChI is InChI=1S/C14H28N2/c1-12(2)15-10-6-13(7-11-15)14(3,4)16-8-5-9-16/h12-13H,5-11H2,1-4H3. The van der Waals surface area contributed by atoms with Gasteiger partial charge in [0.25, 0.3) is 0 Å². The fourth-order valence-corrected chi connectivity index (χ4v) is 3.27. The summed E-state index contributed by atoms with van der Waals surface area (Å²) in [5.41, 5.74) is 0.446. The minimum Gasteiger partial charge on any atom is -0.301 e. The predicted octanol–water partition coefficient (Wildman–Crippen LogP) is 2.59. The van der Waals surface area contributed by atoms with Gasteiger partial charge in [-0.1, -0.05) is 0 Å². The molecule has 2 rings (SSSR count). The lowest BCUT2D eigenvalue weighted by atomic mass is 9.77. The third-order valence-electron chi connectivity index (χ3n) is 4.93. The maximum atomic E-state index is 2.68. The lowest BCUT2D eigenvalue weighted by molar-refractivity contribution is -0.0154. The van der Waals surface area contributed by atoms with Crippen molar-refractivity contribution in [2.45, 2.75) is 58.5 Å². The van der Waals surface area contributed by atoms with Crippen molar-refractivity contribution in [2.24, 2.45) is 5.92 Å². The van der Waals surface area contributed by atoms with Gasteiger partial charge in [-0.3, -0.25) is 4.90 Å². The highest BCUT2D eigenvalue weighted by atomic mass is 15.2. The number of nitrogens with zero attached hydrogens (tertiary/aromatic N) is 2. The molecule has 0 aromatic heterocycles. The molecular weight excluding hydrogens is 196 g/mol. The van der Waals surface area contributed by atoms with E-state index in [9.17, 15) is 0 Å². The Morgan fingerprint density at radius 1 is 1.00 bits per heavy atom. The second kappa shape index (κ2) is 4.66. The first-order valence-electron chi connectivity index (χ1n) is 7.01. The lowest BCUT2D eigenvalue weighted by Crippen LogP contribution is -2.57. The first-order valence-corrected chi connectivity index (χ1v) is 7.01. The molecule has 0 spiro atoms. The second-order valence-electron chi connectivity index (χ2n) is 6.40. The number of likely N-dealkylation sites (tertiary alicyclic amines) is 2. The first-order chi connectivity index (χ1) is 7.51. The fraction of sp³-hybridized carbons (Fsp3) is 1.00. The molecule has 0 aromatic rings. The molecule has 0 amide bonds. The van der Waals surface area contributed by atoms with Gasteiger partial charge in [0.2, 0.25) is 0 Å². The Bertz CT molecular complexity index is 223. The summed E-state index contributed by atoms with van der Waals surface area (Å²) in [4.78, 5) is 5.31. The van der Waals surface area contributed by atoms with E-state index in [1.807, 2.05) is 0 Å². The monoisotopic (exact) mass is 224 g/mol. The van der Waals surface area contributed by atoms with Crippen molar-refractivity contribution in [1.29, 1.82) is 0 Å². The van der Waals surface area contributed by atoms with Crippen molar-refractivity contribution in [3.05, 3.63) is 0 Å². The van der Waals surface area contributed by atoms with Gasteiger partial charge in [-0.2, -0.15) is 0 Å². The smallest absolute Gasteiger partial charge is 0.0182 e. The Kier molecular flexibility index (Phi) is 3.60. The highest BCUT2D eigenvalue weighted by Gasteiger charge is 2.39. The Morgan fingerprint density at radius 3 is 1.94 bits per heavy atom. The third kappa shape index (κ3) is 2.28. The highest BCUT2D eigenvalue weighted by Crippen LogP contribution is 2.35. The zero-order valence-corrected chi connectivity index (χ0v) is 11.5. The molecule has 0 N–H and O–H groups in total. The van der Waals surface area contributed by atoms with Crippen LogP contribution in [0.5, 0.6) is 0 Å². The largest absolute Gasteiger partial charge is 0.301 e. The third-order valence-corrected chi connectivity index (χ3v) is 4.93. The van der Waals surface area contributed by atoms with Crippen molar-refractivity contribution >= 4 is 0 Å². The fourth-order valence-electron chi connectivity index (χ4n) is 3.27. The van der Waals surface area contributed by atoms with E-state index < -0.39 is 0 Å². The van der Waals surface area contributed by atoms with E-state index in [-0.39, 0.29) is 0 Å². The van der Waals surface area contributed by atoms with E-state index in [2.05, 4.69) is 37.5 Å². The van der Waals surface area contributed by atoms with E-state index in [0.29, 0.717) is 5.54 Å². The number of piperidine rings is 1. The number of hydrogen-bond acceptors (Lipinski definition) is 2. The van der Waals surface area contributed by atoms with Crippen LogP contribution in [0, 0.1) is 5.92 Å². The molecule has 0 aliphatic carbocycles. The van der Waals surface area contributed by atoms with Crippen molar-refractivity contribution in [3.63, 3.8) is 0 Å². The summed E-state index contributed by atoms with van der Waals surface area (Å²) >= 11 is 0. The topological polar surface area (TPSA) is 6.48 Å². The van der Waals surface area contributed by atoms with Crippen LogP contribution in [0.3, 0.4) is 0 Å². The van der Waals surface area contributed by atoms with E-state index in [4.69, 9.17) is 0 Å². The predicted molar refractivity (Wildman–Crippen MR) is 69.7 cm³/mol. The molecular formula is C14H28N2. The zero-order chi connectivity index (χ0) is 11.8. The van der Waals surface area contributed by atoms with Gasteiger partial charge >= 0.3 is 0 Å². The summed E-state index contributed by atoms with van der Waals surface area (Å²) in [6, 6.07) is 0.730. The Labute approximate surface area is 101 Å². The van der Waals surface area contributed by atoms with Crippen molar-refractivity contribution in [3.8, 4) is 0 Å². The molecule has 2 nitrogen and oxygen atoms in total. The van der Waals surface area contributed by atoms with E-state index >= 15 is 0 Å². The minimum absolute atomic E-state index is 0.446. The van der Waals surface area contributed by atoms with Crippen LogP contribution < -0.4 is 0 Å². The normalized spacial score (nSPS) is 26.1. The van der Waals surface area contributed by atoms with Crippen LogP contribution in [0.1, 0.15) is 47.0 Å². The zero-order valence-electron chi connectivity index (χ0n) is 11.5. The van der Waals surface area contributed by atoms with Crippen molar-refractivity contribution in [2.75, 3.05) is 26.2 Å². The Hall–Kier alpha value is -0.0800. The van der Waals surface area contributed by atoms with E-state index in [1.165, 1.54) is 45.4 Å². The first kappa shape index (κ1) is 12.4. The molecule has 0 unspecified atom stereocenters. The molecule has 2 heterocycles. The van der Waals surface area contributed by atoms with Gasteiger partial charge < -0.3 is 4.90 Å². The minimum atomic E-state index is 0.446. The Balaban J connectivity index is 1.87. The Morgan fingerprint density at radius 2 is 1.56 bits per heavy atom. The van der Waals surface area contributed by atoms with Crippen LogP contribution in [0.4, 0.5) is 0 Å². The molecule has 2 fully saturated rings. The van der Waals surface area contributed by atoms with Crippen molar-refractivity contribution in [1.82, 2.24) is 9.80 Å². The average Bonchev–Trinajstić information content (AvgIpc) is 2.14. The van der Waals surface area contributed by atoms with Gasteiger partial charge in [0.15, 0.2) is 0 Å². The molecule has 0 radical (unpaired) electrons. The molecule has 0 bridgehead atoms. The summed E-state index contributed by atoms with van der Waals surface area (Å²) < 4.78 is 0. The summed E-state index contributed by atoms with van der Waals surface area (Å²) in [5.74, 6) is 0.905. The van der Waals surface area contributed by atoms with Gasteiger partial charge in [0.1, 0.15) is 0 Å². The summed E-state index contributed by atoms with van der Waals surface area (Å²) in [6.07, 6.45) is 4.19. The average molecular weight is 224 g/mol. The lowest BCUT2D eigenvalue weighted by Gasteiger charge is -2.51. The van der Waals surface area contributed by atoms with Crippen LogP contribution in [-0.4, -0.2) is 47.6 Å². The maximum Gasteiger partial charge on any atom is 0.0182 e. The van der Waals surface area contributed by atoms with E-state index in [1.54, 1.807) is 0 Å². The molecule has 0 saturated carbocycles. The molecule has 2 aliphatic heterocycles. The molecule has 0 aromatic carbocycles. The second-order valence-corrected chi connectivity index (χ2v) is 6.40. The van der Waals surface area contributed by atoms with Crippen molar-refractivity contribution < 1.29 is 0 Å². The summed E-state index contributed by atoms with van der Waals surface area (Å²) in [7, 11) is 0. The summed E-state index contributed by atoms with van der Waals surface area (Å²) in [6.45, 7) is 14.8. The maximum absolute atomic E-state index is 2.68. The molecule has 2 aliphatic rings. The van der Waals surface area contributed by atoms with Crippen LogP contribution >= 0.6 is 0 Å². The van der Waals surface area contributed by atoms with Crippen LogP contribution in [0.25, 0.3) is 0 Å². The SMILES string of the molecule is CC(C)N1CCC(C(C)(C)N2CCC2)CC1. The molecule has 2 saturated heterocycles. The van der Waals surface area contributed by atoms with Gasteiger partial charge in [0, 0.05) is 11.6 Å².